The molecule has 0 saturated heterocycles. The van der Waals surface area contributed by atoms with Crippen molar-refractivity contribution in [2.24, 2.45) is 0 Å². The zero-order valence-electron chi connectivity index (χ0n) is 17.9. The second kappa shape index (κ2) is 9.63. The molecule has 2 N–H and O–H groups in total. The Labute approximate surface area is 176 Å². The third kappa shape index (κ3) is 4.91. The molecule has 1 amide bonds. The normalized spacial score (nSPS) is 17.6. The Morgan fingerprint density at radius 3 is 2.37 bits per heavy atom. The molecule has 2 atom stereocenters. The number of anilines is 1. The van der Waals surface area contributed by atoms with Crippen molar-refractivity contribution in [1.82, 2.24) is 0 Å². The molecular weight excluding hydrogens is 384 g/mol. The summed E-state index contributed by atoms with van der Waals surface area (Å²) >= 11 is 0. The Kier molecular flexibility index (Phi) is 6.95. The number of nitrogens with one attached hydrogen (secondary N) is 2. The lowest BCUT2D eigenvalue weighted by Crippen LogP contribution is -3.14. The van der Waals surface area contributed by atoms with Crippen LogP contribution in [0.15, 0.2) is 36.4 Å². The molecule has 7 nitrogen and oxygen atoms in total. The molecule has 160 valence electrons. The van der Waals surface area contributed by atoms with Crippen molar-refractivity contribution in [3.8, 4) is 11.5 Å². The van der Waals surface area contributed by atoms with Crippen LogP contribution < -0.4 is 19.7 Å². The maximum absolute atomic E-state index is 12.7. The van der Waals surface area contributed by atoms with E-state index in [4.69, 9.17) is 14.2 Å². The molecule has 2 aromatic carbocycles. The SMILES string of the molecule is COC(=O)C[C@@H]1c2cc(OC)c(OC)cc2CC[NH+]1CC(=O)Nc1ccc(C)cc1. The summed E-state index contributed by atoms with van der Waals surface area (Å²) in [7, 11) is 4.57. The number of benzene rings is 2. The van der Waals surface area contributed by atoms with E-state index >= 15 is 0 Å². The van der Waals surface area contributed by atoms with Crippen molar-refractivity contribution >= 4 is 17.6 Å². The molecule has 7 heteroatoms. The summed E-state index contributed by atoms with van der Waals surface area (Å²) in [5.41, 5.74) is 3.98. The maximum atomic E-state index is 12.7. The van der Waals surface area contributed by atoms with Gasteiger partial charge in [0.05, 0.1) is 27.9 Å². The smallest absolute Gasteiger partial charge is 0.311 e. The van der Waals surface area contributed by atoms with E-state index in [0.29, 0.717) is 11.5 Å². The van der Waals surface area contributed by atoms with E-state index in [1.54, 1.807) is 14.2 Å². The number of carbonyl (C=O) groups is 2. The molecule has 0 spiro atoms. The second-order valence-corrected chi connectivity index (χ2v) is 7.49. The topological polar surface area (TPSA) is 78.3 Å². The van der Waals surface area contributed by atoms with E-state index in [-0.39, 0.29) is 30.9 Å². The molecule has 1 unspecified atom stereocenters. The number of esters is 1. The summed E-state index contributed by atoms with van der Waals surface area (Å²) in [5, 5.41) is 2.95. The van der Waals surface area contributed by atoms with E-state index in [1.807, 2.05) is 43.3 Å². The van der Waals surface area contributed by atoms with Crippen molar-refractivity contribution in [2.75, 3.05) is 39.7 Å². The number of amides is 1. The van der Waals surface area contributed by atoms with Crippen LogP contribution in [0.4, 0.5) is 5.69 Å². The third-order valence-electron chi connectivity index (χ3n) is 5.55. The van der Waals surface area contributed by atoms with Crippen molar-refractivity contribution in [3.05, 3.63) is 53.1 Å². The van der Waals surface area contributed by atoms with Crippen molar-refractivity contribution < 1.29 is 28.7 Å². The lowest BCUT2D eigenvalue weighted by atomic mass is 9.90. The molecule has 0 saturated carbocycles. The minimum atomic E-state index is -0.306. The van der Waals surface area contributed by atoms with Gasteiger partial charge >= 0.3 is 5.97 Å². The Morgan fingerprint density at radius 1 is 1.07 bits per heavy atom. The molecule has 0 aliphatic carbocycles. The van der Waals surface area contributed by atoms with Gasteiger partial charge in [0.15, 0.2) is 18.0 Å². The van der Waals surface area contributed by atoms with Gasteiger partial charge in [0.2, 0.25) is 0 Å². The van der Waals surface area contributed by atoms with Gasteiger partial charge in [-0.3, -0.25) is 9.59 Å². The molecule has 2 aromatic rings. The molecule has 3 rings (SSSR count). The van der Waals surface area contributed by atoms with Crippen molar-refractivity contribution in [3.63, 3.8) is 0 Å². The first-order valence-corrected chi connectivity index (χ1v) is 9.97. The van der Waals surface area contributed by atoms with Gasteiger partial charge in [0, 0.05) is 17.7 Å². The van der Waals surface area contributed by atoms with Crippen LogP contribution in [0.2, 0.25) is 0 Å². The van der Waals surface area contributed by atoms with Crippen LogP contribution in [0, 0.1) is 6.92 Å². The number of fused-ring (bicyclic) bond motifs is 1. The van der Waals surface area contributed by atoms with Gasteiger partial charge in [-0.1, -0.05) is 17.7 Å². The van der Waals surface area contributed by atoms with E-state index in [1.165, 1.54) is 7.11 Å². The Balaban J connectivity index is 1.84. The van der Waals surface area contributed by atoms with Crippen molar-refractivity contribution in [1.29, 1.82) is 0 Å². The zero-order chi connectivity index (χ0) is 21.7. The summed E-state index contributed by atoms with van der Waals surface area (Å²) in [6.07, 6.45) is 0.965. The molecule has 0 bridgehead atoms. The number of hydrogen-bond acceptors (Lipinski definition) is 5. The predicted molar refractivity (Wildman–Crippen MR) is 113 cm³/mol. The number of ether oxygens (including phenoxy) is 3. The average molecular weight is 413 g/mol. The van der Waals surface area contributed by atoms with Crippen LogP contribution in [-0.4, -0.2) is 46.3 Å². The zero-order valence-corrected chi connectivity index (χ0v) is 17.9. The summed E-state index contributed by atoms with van der Waals surface area (Å²) in [4.78, 5) is 25.9. The fourth-order valence-electron chi connectivity index (χ4n) is 3.93. The van der Waals surface area contributed by atoms with Crippen LogP contribution in [0.25, 0.3) is 0 Å². The highest BCUT2D eigenvalue weighted by Gasteiger charge is 2.35. The van der Waals surface area contributed by atoms with E-state index in [0.717, 1.165) is 40.2 Å². The van der Waals surface area contributed by atoms with Crippen LogP contribution in [0.5, 0.6) is 11.5 Å². The molecule has 0 fully saturated rings. The summed E-state index contributed by atoms with van der Waals surface area (Å²) in [6, 6.07) is 11.4. The number of quaternary nitrogens is 1. The van der Waals surface area contributed by atoms with Gasteiger partial charge in [-0.25, -0.2) is 0 Å². The van der Waals surface area contributed by atoms with Gasteiger partial charge in [0.1, 0.15) is 12.5 Å². The van der Waals surface area contributed by atoms with Crippen LogP contribution >= 0.6 is 0 Å². The number of rotatable bonds is 7. The molecule has 0 aromatic heterocycles. The van der Waals surface area contributed by atoms with Crippen LogP contribution in [-0.2, 0) is 20.7 Å². The first-order chi connectivity index (χ1) is 14.4. The first kappa shape index (κ1) is 21.6. The Hall–Kier alpha value is -3.06. The minimum Gasteiger partial charge on any atom is -0.493 e. The standard InChI is InChI=1S/C23H28N2O5/c1-15-5-7-17(8-6-15)24-22(26)14-25-10-9-16-11-20(28-2)21(29-3)12-18(16)19(25)13-23(27)30-4/h5-8,11-12,19H,9-10,13-14H2,1-4H3,(H,24,26)/p+1/t19-/m1/s1. The quantitative estimate of drug-likeness (QED) is 0.676. The van der Waals surface area contributed by atoms with Gasteiger partial charge < -0.3 is 24.4 Å². The molecule has 30 heavy (non-hydrogen) atoms. The number of aryl methyl sites for hydroxylation is 1. The van der Waals surface area contributed by atoms with Crippen LogP contribution in [0.3, 0.4) is 0 Å². The lowest BCUT2D eigenvalue weighted by Gasteiger charge is -2.34. The highest BCUT2D eigenvalue weighted by atomic mass is 16.5. The summed E-state index contributed by atoms with van der Waals surface area (Å²) in [5.74, 6) is 0.872. The Morgan fingerprint density at radius 2 is 1.73 bits per heavy atom. The van der Waals surface area contributed by atoms with E-state index < -0.39 is 0 Å². The van der Waals surface area contributed by atoms with Gasteiger partial charge in [-0.05, 0) is 36.8 Å². The molecule has 0 radical (unpaired) electrons. The minimum absolute atomic E-state index is 0.0901. The number of hydrogen-bond donors (Lipinski definition) is 2. The number of carbonyl (C=O) groups excluding carboxylic acids is 2. The molecular formula is C23H29N2O5+. The Bertz CT molecular complexity index is 911. The highest BCUT2D eigenvalue weighted by Crippen LogP contribution is 2.35. The molecule has 1 aliphatic rings. The van der Waals surface area contributed by atoms with E-state index in [9.17, 15) is 9.59 Å². The monoisotopic (exact) mass is 413 g/mol. The fraction of sp³-hybridized carbons (Fsp3) is 0.391. The maximum Gasteiger partial charge on any atom is 0.311 e. The molecule has 1 heterocycles. The second-order valence-electron chi connectivity index (χ2n) is 7.49. The van der Waals surface area contributed by atoms with Crippen molar-refractivity contribution in [2.45, 2.75) is 25.8 Å². The highest BCUT2D eigenvalue weighted by molar-refractivity contribution is 5.91. The van der Waals surface area contributed by atoms with Gasteiger partial charge in [0.25, 0.3) is 5.91 Å². The fourth-order valence-corrected chi connectivity index (χ4v) is 3.93. The van der Waals surface area contributed by atoms with Crippen LogP contribution in [0.1, 0.15) is 29.2 Å². The number of methoxy groups -OCH3 is 3. The summed E-state index contributed by atoms with van der Waals surface area (Å²) < 4.78 is 15.8. The third-order valence-corrected chi connectivity index (χ3v) is 5.55. The van der Waals surface area contributed by atoms with E-state index in [2.05, 4.69) is 5.32 Å². The largest absolute Gasteiger partial charge is 0.493 e. The summed E-state index contributed by atoms with van der Waals surface area (Å²) in [6.45, 7) is 2.98. The molecule has 1 aliphatic heterocycles. The van der Waals surface area contributed by atoms with Gasteiger partial charge in [-0.2, -0.15) is 0 Å². The first-order valence-electron chi connectivity index (χ1n) is 9.97. The van der Waals surface area contributed by atoms with Gasteiger partial charge in [-0.15, -0.1) is 0 Å². The predicted octanol–water partition coefficient (Wildman–Crippen LogP) is 1.70. The average Bonchev–Trinajstić information content (AvgIpc) is 2.75. The lowest BCUT2D eigenvalue weighted by molar-refractivity contribution is -0.925.